The molecule has 0 aliphatic carbocycles. The molecule has 5 nitrogen and oxygen atoms in total. The molecule has 138 valence electrons. The lowest BCUT2D eigenvalue weighted by atomic mass is 10.1. The van der Waals surface area contributed by atoms with E-state index in [0.29, 0.717) is 0 Å². The highest BCUT2D eigenvalue weighted by molar-refractivity contribution is 9.10. The minimum absolute atomic E-state index is 0.0154. The van der Waals surface area contributed by atoms with Gasteiger partial charge in [-0.25, -0.2) is 0 Å². The van der Waals surface area contributed by atoms with Gasteiger partial charge in [-0.15, -0.1) is 0 Å². The minimum Gasteiger partial charge on any atom is -0.346 e. The standard InChI is InChI=1S/C20H24BrN3O2/c1-3-15-8-4-7-11-18(15)24-20(26)13-23-19(25)12-22-14(2)16-9-5-6-10-17(16)21/h4-11,14,22H,3,12-13H2,1-2H3,(H,23,25)(H,24,26). The van der Waals surface area contributed by atoms with E-state index in [9.17, 15) is 9.59 Å². The molecule has 0 aliphatic rings. The first-order valence-corrected chi connectivity index (χ1v) is 9.42. The summed E-state index contributed by atoms with van der Waals surface area (Å²) in [5.74, 6) is -0.457. The van der Waals surface area contributed by atoms with Gasteiger partial charge in [0, 0.05) is 16.2 Å². The molecule has 0 bridgehead atoms. The number of rotatable bonds is 8. The van der Waals surface area contributed by atoms with Gasteiger partial charge in [-0.1, -0.05) is 59.3 Å². The number of aryl methyl sites for hydroxylation is 1. The van der Waals surface area contributed by atoms with Crippen molar-refractivity contribution in [1.29, 1.82) is 0 Å². The van der Waals surface area contributed by atoms with Crippen molar-refractivity contribution in [3.63, 3.8) is 0 Å². The Morgan fingerprint density at radius 2 is 1.69 bits per heavy atom. The SMILES string of the molecule is CCc1ccccc1NC(=O)CNC(=O)CNC(C)c1ccccc1Br. The maximum Gasteiger partial charge on any atom is 0.243 e. The molecular formula is C20H24BrN3O2. The minimum atomic E-state index is -0.238. The summed E-state index contributed by atoms with van der Waals surface area (Å²) in [5, 5.41) is 8.63. The van der Waals surface area contributed by atoms with Crippen molar-refractivity contribution < 1.29 is 9.59 Å². The average Bonchev–Trinajstić information content (AvgIpc) is 2.65. The molecule has 2 rings (SSSR count). The number of amides is 2. The fraction of sp³-hybridized carbons (Fsp3) is 0.300. The monoisotopic (exact) mass is 417 g/mol. The van der Waals surface area contributed by atoms with Crippen LogP contribution in [0.5, 0.6) is 0 Å². The van der Waals surface area contributed by atoms with Gasteiger partial charge in [0.2, 0.25) is 11.8 Å². The molecule has 2 amide bonds. The summed E-state index contributed by atoms with van der Waals surface area (Å²) in [6.07, 6.45) is 0.833. The second-order valence-electron chi connectivity index (χ2n) is 5.96. The van der Waals surface area contributed by atoms with E-state index >= 15 is 0 Å². The van der Waals surface area contributed by atoms with E-state index in [0.717, 1.165) is 27.7 Å². The molecule has 2 aromatic rings. The molecule has 0 spiro atoms. The summed E-state index contributed by atoms with van der Waals surface area (Å²) < 4.78 is 0.995. The fourth-order valence-corrected chi connectivity index (χ4v) is 3.20. The highest BCUT2D eigenvalue weighted by Gasteiger charge is 2.11. The van der Waals surface area contributed by atoms with Crippen molar-refractivity contribution >= 4 is 33.4 Å². The first-order valence-electron chi connectivity index (χ1n) is 8.63. The number of carbonyl (C=O) groups excluding carboxylic acids is 2. The highest BCUT2D eigenvalue weighted by atomic mass is 79.9. The Kier molecular flexibility index (Phi) is 7.81. The second-order valence-corrected chi connectivity index (χ2v) is 6.81. The number of nitrogens with one attached hydrogen (secondary N) is 3. The van der Waals surface area contributed by atoms with Crippen LogP contribution < -0.4 is 16.0 Å². The number of anilines is 1. The summed E-state index contributed by atoms with van der Waals surface area (Å²) in [6.45, 7) is 4.11. The summed E-state index contributed by atoms with van der Waals surface area (Å²) >= 11 is 3.50. The van der Waals surface area contributed by atoms with Crippen LogP contribution in [0, 0.1) is 0 Å². The Hall–Kier alpha value is -2.18. The van der Waals surface area contributed by atoms with Crippen molar-refractivity contribution in [2.75, 3.05) is 18.4 Å². The zero-order valence-corrected chi connectivity index (χ0v) is 16.6. The molecule has 0 heterocycles. The fourth-order valence-electron chi connectivity index (χ4n) is 2.57. The largest absolute Gasteiger partial charge is 0.346 e. The molecule has 3 N–H and O–H groups in total. The predicted molar refractivity (Wildman–Crippen MR) is 108 cm³/mol. The van der Waals surface area contributed by atoms with E-state index in [1.54, 1.807) is 0 Å². The van der Waals surface area contributed by atoms with Crippen molar-refractivity contribution in [2.45, 2.75) is 26.3 Å². The molecule has 0 aliphatic heterocycles. The molecule has 26 heavy (non-hydrogen) atoms. The summed E-state index contributed by atoms with van der Waals surface area (Å²) in [4.78, 5) is 24.0. The first-order chi connectivity index (χ1) is 12.5. The van der Waals surface area contributed by atoms with Crippen molar-refractivity contribution in [1.82, 2.24) is 10.6 Å². The van der Waals surface area contributed by atoms with E-state index in [1.165, 1.54) is 0 Å². The normalized spacial score (nSPS) is 11.7. The number of halogens is 1. The van der Waals surface area contributed by atoms with Gasteiger partial charge in [-0.05, 0) is 36.6 Å². The van der Waals surface area contributed by atoms with Crippen molar-refractivity contribution in [2.24, 2.45) is 0 Å². The zero-order valence-electron chi connectivity index (χ0n) is 15.0. The third kappa shape index (κ3) is 5.97. The lowest BCUT2D eigenvalue weighted by Gasteiger charge is -2.15. The zero-order chi connectivity index (χ0) is 18.9. The van der Waals surface area contributed by atoms with E-state index in [-0.39, 0.29) is 30.9 Å². The van der Waals surface area contributed by atoms with Crippen LogP contribution in [0.3, 0.4) is 0 Å². The molecule has 1 unspecified atom stereocenters. The van der Waals surface area contributed by atoms with E-state index < -0.39 is 0 Å². The van der Waals surface area contributed by atoms with Crippen LogP contribution in [0.15, 0.2) is 53.0 Å². The Morgan fingerprint density at radius 3 is 2.42 bits per heavy atom. The van der Waals surface area contributed by atoms with Gasteiger partial charge in [0.05, 0.1) is 13.1 Å². The maximum atomic E-state index is 12.0. The second kappa shape index (κ2) is 10.1. The Morgan fingerprint density at radius 1 is 1.00 bits per heavy atom. The third-order valence-corrected chi connectivity index (χ3v) is 4.78. The quantitative estimate of drug-likeness (QED) is 0.616. The molecule has 0 saturated carbocycles. The van der Waals surface area contributed by atoms with Crippen LogP contribution in [0.2, 0.25) is 0 Å². The van der Waals surface area contributed by atoms with Gasteiger partial charge in [0.1, 0.15) is 0 Å². The molecule has 2 aromatic carbocycles. The number of hydrogen-bond donors (Lipinski definition) is 3. The van der Waals surface area contributed by atoms with Gasteiger partial charge in [-0.3, -0.25) is 9.59 Å². The summed E-state index contributed by atoms with van der Waals surface area (Å²) in [5.41, 5.74) is 2.93. The molecule has 0 fully saturated rings. The van der Waals surface area contributed by atoms with Crippen LogP contribution in [0.4, 0.5) is 5.69 Å². The molecule has 6 heteroatoms. The van der Waals surface area contributed by atoms with Gasteiger partial charge < -0.3 is 16.0 Å². The lowest BCUT2D eigenvalue weighted by molar-refractivity contribution is -0.123. The number of benzene rings is 2. The van der Waals surface area contributed by atoms with Crippen LogP contribution in [0.25, 0.3) is 0 Å². The van der Waals surface area contributed by atoms with Crippen LogP contribution in [0.1, 0.15) is 31.0 Å². The highest BCUT2D eigenvalue weighted by Crippen LogP contribution is 2.22. The number of para-hydroxylation sites is 1. The van der Waals surface area contributed by atoms with Crippen LogP contribution in [-0.2, 0) is 16.0 Å². The topological polar surface area (TPSA) is 70.2 Å². The van der Waals surface area contributed by atoms with E-state index in [1.807, 2.05) is 62.4 Å². The van der Waals surface area contributed by atoms with Crippen molar-refractivity contribution in [3.05, 3.63) is 64.1 Å². The summed E-state index contributed by atoms with van der Waals surface area (Å²) in [7, 11) is 0. The van der Waals surface area contributed by atoms with Crippen LogP contribution >= 0.6 is 15.9 Å². The molecule has 0 saturated heterocycles. The number of carbonyl (C=O) groups is 2. The maximum absolute atomic E-state index is 12.0. The predicted octanol–water partition coefficient (Wildman–Crippen LogP) is 3.42. The Bertz CT molecular complexity index is 764. The van der Waals surface area contributed by atoms with E-state index in [2.05, 4.69) is 31.9 Å². The Labute approximate surface area is 162 Å². The lowest BCUT2D eigenvalue weighted by Crippen LogP contribution is -2.39. The average molecular weight is 418 g/mol. The smallest absolute Gasteiger partial charge is 0.243 e. The van der Waals surface area contributed by atoms with E-state index in [4.69, 9.17) is 0 Å². The number of hydrogen-bond acceptors (Lipinski definition) is 3. The molecular weight excluding hydrogens is 394 g/mol. The molecule has 1 atom stereocenters. The van der Waals surface area contributed by atoms with Gasteiger partial charge >= 0.3 is 0 Å². The van der Waals surface area contributed by atoms with Gasteiger partial charge in [0.15, 0.2) is 0 Å². The molecule has 0 aromatic heterocycles. The van der Waals surface area contributed by atoms with Gasteiger partial charge in [0.25, 0.3) is 0 Å². The summed E-state index contributed by atoms with van der Waals surface area (Å²) in [6, 6.07) is 15.5. The first kappa shape index (κ1) is 20.1. The van der Waals surface area contributed by atoms with Crippen molar-refractivity contribution in [3.8, 4) is 0 Å². The van der Waals surface area contributed by atoms with Gasteiger partial charge in [-0.2, -0.15) is 0 Å². The molecule has 0 radical (unpaired) electrons. The van der Waals surface area contributed by atoms with Crippen LogP contribution in [-0.4, -0.2) is 24.9 Å². The third-order valence-electron chi connectivity index (χ3n) is 4.06. The Balaban J connectivity index is 1.76.